The topological polar surface area (TPSA) is 222 Å². The third-order valence-corrected chi connectivity index (χ3v) is 18.6. The normalized spacial score (nSPS) is 22.3. The smallest absolute Gasteiger partial charge is 0.338 e. The molecule has 0 spiro atoms. The Bertz CT molecular complexity index is 2930. The van der Waals surface area contributed by atoms with Crippen LogP contribution in [-0.4, -0.2) is 123 Å². The van der Waals surface area contributed by atoms with Crippen LogP contribution in [0, 0.1) is 35.1 Å². The summed E-state index contributed by atoms with van der Waals surface area (Å²) in [5.74, 6) is -5.77. The summed E-state index contributed by atoms with van der Waals surface area (Å²) in [5, 5.41) is 19.5. The van der Waals surface area contributed by atoms with Gasteiger partial charge in [-0.15, -0.1) is 22.7 Å². The number of rotatable bonds is 16. The summed E-state index contributed by atoms with van der Waals surface area (Å²) >= 11 is 15.1. The molecule has 27 heteroatoms. The van der Waals surface area contributed by atoms with E-state index < -0.39 is 77.4 Å². The summed E-state index contributed by atoms with van der Waals surface area (Å²) in [6.07, 6.45) is 10.6. The first kappa shape index (κ1) is 58.8. The van der Waals surface area contributed by atoms with Crippen LogP contribution in [0.25, 0.3) is 0 Å². The minimum Gasteiger partial charge on any atom is -0.466 e. The molecule has 4 aliphatic rings. The fourth-order valence-electron chi connectivity index (χ4n) is 10.2. The molecule has 17 nitrogen and oxygen atoms in total. The number of aromatic nitrogens is 2. The maximum atomic E-state index is 14.5. The molecule has 2 fully saturated rings. The molecular weight excluding hydrogens is 1120 g/mol. The van der Waals surface area contributed by atoms with Crippen LogP contribution in [0.3, 0.4) is 0 Å². The van der Waals surface area contributed by atoms with Crippen molar-refractivity contribution in [3.8, 4) is 0 Å². The molecule has 2 aromatic carbocycles. The number of thiazole rings is 2. The molecule has 8 rings (SSSR count). The van der Waals surface area contributed by atoms with E-state index in [0.717, 1.165) is 18.4 Å². The molecule has 412 valence electrons. The number of aliphatic imine (C=N–C) groups is 2. The molecule has 0 amide bonds. The van der Waals surface area contributed by atoms with E-state index in [1.807, 2.05) is 6.92 Å². The second-order valence-electron chi connectivity index (χ2n) is 18.3. The highest BCUT2D eigenvalue weighted by molar-refractivity contribution is 7.88. The quantitative estimate of drug-likeness (QED) is 0.0547. The summed E-state index contributed by atoms with van der Waals surface area (Å²) in [4.78, 5) is 44.2. The van der Waals surface area contributed by atoms with Crippen molar-refractivity contribution in [3.63, 3.8) is 0 Å². The van der Waals surface area contributed by atoms with Crippen molar-refractivity contribution < 1.29 is 58.6 Å². The average Bonchev–Trinajstić information content (AvgIpc) is 4.17. The molecule has 3 N–H and O–H groups in total. The Labute approximate surface area is 456 Å². The number of hydrogen-bond acceptors (Lipinski definition) is 17. The van der Waals surface area contributed by atoms with Crippen LogP contribution >= 0.6 is 45.9 Å². The summed E-state index contributed by atoms with van der Waals surface area (Å²) in [5.41, 5.74) is 1.52. The number of nitrogens with one attached hydrogen (secondary N) is 2. The van der Waals surface area contributed by atoms with Gasteiger partial charge in [-0.05, 0) is 81.8 Å². The minimum absolute atomic E-state index is 0.0000803. The summed E-state index contributed by atoms with van der Waals surface area (Å²) in [6, 6.07) is 1.87. The average molecular weight is 1180 g/mol. The van der Waals surface area contributed by atoms with Gasteiger partial charge in [-0.25, -0.2) is 54.0 Å². The molecule has 2 aromatic heterocycles. The lowest BCUT2D eigenvalue weighted by Gasteiger charge is -2.38. The number of aliphatic hydroxyl groups is 1. The number of halogens is 6. The number of carbonyl (C=O) groups is 2. The van der Waals surface area contributed by atoms with Crippen LogP contribution in [0.2, 0.25) is 10.0 Å². The Kier molecular flexibility index (Phi) is 19.6. The highest BCUT2D eigenvalue weighted by atomic mass is 35.5. The van der Waals surface area contributed by atoms with Crippen molar-refractivity contribution in [2.24, 2.45) is 21.8 Å². The first-order valence-corrected chi connectivity index (χ1v) is 30.3. The van der Waals surface area contributed by atoms with Crippen molar-refractivity contribution >= 4 is 89.5 Å². The molecule has 0 radical (unpaired) electrons. The predicted molar refractivity (Wildman–Crippen MR) is 282 cm³/mol. The van der Waals surface area contributed by atoms with E-state index in [9.17, 15) is 49.1 Å². The fraction of sp³-hybridized carbons (Fsp3) is 0.469. The van der Waals surface area contributed by atoms with Crippen LogP contribution in [0.4, 0.5) is 17.6 Å². The van der Waals surface area contributed by atoms with Gasteiger partial charge in [-0.1, -0.05) is 42.3 Å². The lowest BCUT2D eigenvalue weighted by Crippen LogP contribution is -2.44. The molecule has 76 heavy (non-hydrogen) atoms. The molecule has 2 aliphatic carbocycles. The van der Waals surface area contributed by atoms with Gasteiger partial charge in [0.15, 0.2) is 45.0 Å². The van der Waals surface area contributed by atoms with E-state index in [4.69, 9.17) is 32.7 Å². The van der Waals surface area contributed by atoms with Gasteiger partial charge < -0.3 is 25.2 Å². The third-order valence-electron chi connectivity index (χ3n) is 13.6. The monoisotopic (exact) mass is 1170 g/mol. The van der Waals surface area contributed by atoms with Crippen molar-refractivity contribution in [1.29, 1.82) is 0 Å². The second kappa shape index (κ2) is 25.3. The molecule has 4 heterocycles. The van der Waals surface area contributed by atoms with E-state index >= 15 is 0 Å². The van der Waals surface area contributed by atoms with Gasteiger partial charge in [-0.3, -0.25) is 9.98 Å². The Balaban J connectivity index is 0.000000221. The van der Waals surface area contributed by atoms with Crippen LogP contribution in [-0.2, 0) is 39.1 Å². The van der Waals surface area contributed by atoms with Gasteiger partial charge >= 0.3 is 11.9 Å². The Morgan fingerprint density at radius 3 is 1.37 bits per heavy atom. The SMILES string of the molecule is CCCN(C1CCC(C2=C(C(=O)OC)C(c3ccc(F)c(F)c3Cl)N=C(c3nccs3)N2)CC1)S(C)(=O)=O.COC(=O)C1=C(C2CCC(N(CCO)S(C)(=O)=O)CC2)NC(c2nccs2)=NC1c1ccc(F)c(F)c1Cl. The molecule has 2 unspecified atom stereocenters. The molecule has 2 atom stereocenters. The lowest BCUT2D eigenvalue weighted by molar-refractivity contribution is -0.137. The number of ether oxygens (including phenoxy) is 2. The fourth-order valence-corrected chi connectivity index (χ4v) is 14.3. The largest absolute Gasteiger partial charge is 0.466 e. The van der Waals surface area contributed by atoms with Crippen molar-refractivity contribution in [2.45, 2.75) is 88.9 Å². The van der Waals surface area contributed by atoms with E-state index in [0.29, 0.717) is 97.4 Å². The molecular formula is C49H56Cl2F4N8O9S4. The molecule has 4 aromatic rings. The zero-order valence-corrected chi connectivity index (χ0v) is 46.6. The maximum absolute atomic E-state index is 14.5. The number of hydrogen-bond donors (Lipinski definition) is 3. The Morgan fingerprint density at radius 2 is 1.05 bits per heavy atom. The van der Waals surface area contributed by atoms with Gasteiger partial charge in [0.05, 0.1) is 54.5 Å². The molecule has 2 saturated carbocycles. The zero-order valence-electron chi connectivity index (χ0n) is 41.9. The number of nitrogens with zero attached hydrogens (tertiary/aromatic N) is 6. The van der Waals surface area contributed by atoms with Crippen LogP contribution in [0.1, 0.15) is 97.9 Å². The molecule has 2 aliphatic heterocycles. The lowest BCUT2D eigenvalue weighted by atomic mass is 9.80. The van der Waals surface area contributed by atoms with Crippen molar-refractivity contribution in [2.75, 3.05) is 46.4 Å². The summed E-state index contributed by atoms with van der Waals surface area (Å²) in [6.45, 7) is 2.09. The van der Waals surface area contributed by atoms with Crippen LogP contribution in [0.5, 0.6) is 0 Å². The first-order valence-electron chi connectivity index (χ1n) is 24.1. The maximum Gasteiger partial charge on any atom is 0.338 e. The highest BCUT2D eigenvalue weighted by Crippen LogP contribution is 2.45. The minimum atomic E-state index is -3.53. The number of benzene rings is 2. The summed E-state index contributed by atoms with van der Waals surface area (Å²) < 4.78 is 119. The van der Waals surface area contributed by atoms with Gasteiger partial charge in [0.25, 0.3) is 0 Å². The van der Waals surface area contributed by atoms with Gasteiger partial charge in [0.1, 0.15) is 12.1 Å². The van der Waals surface area contributed by atoms with E-state index in [-0.39, 0.29) is 59.3 Å². The van der Waals surface area contributed by atoms with E-state index in [1.54, 1.807) is 27.5 Å². The summed E-state index contributed by atoms with van der Waals surface area (Å²) in [7, 11) is -4.44. The van der Waals surface area contributed by atoms with Crippen LogP contribution < -0.4 is 10.6 Å². The number of allylic oxidation sites excluding steroid dienone is 2. The Morgan fingerprint density at radius 1 is 0.671 bits per heavy atom. The number of methoxy groups -OCH3 is 2. The number of sulfonamides is 2. The van der Waals surface area contributed by atoms with E-state index in [1.165, 1.54) is 59.6 Å². The number of aliphatic hydroxyl groups excluding tert-OH is 1. The second-order valence-corrected chi connectivity index (χ2v) is 24.7. The van der Waals surface area contributed by atoms with Crippen molar-refractivity contribution in [3.05, 3.63) is 124 Å². The van der Waals surface area contributed by atoms with E-state index in [2.05, 4.69) is 30.6 Å². The van der Waals surface area contributed by atoms with Gasteiger partial charge in [0.2, 0.25) is 20.0 Å². The van der Waals surface area contributed by atoms with Crippen molar-refractivity contribution in [1.82, 2.24) is 29.2 Å². The zero-order chi connectivity index (χ0) is 55.2. The van der Waals surface area contributed by atoms with Gasteiger partial charge in [-0.2, -0.15) is 8.61 Å². The Hall–Kier alpha value is -4.86. The highest BCUT2D eigenvalue weighted by Gasteiger charge is 2.42. The number of amidine groups is 2. The number of esters is 2. The predicted octanol–water partition coefficient (Wildman–Crippen LogP) is 8.23. The first-order chi connectivity index (χ1) is 36.1. The number of carbonyl (C=O) groups excluding carboxylic acids is 2. The third kappa shape index (κ3) is 13.0. The van der Waals surface area contributed by atoms with Gasteiger partial charge in [0, 0.05) is 70.8 Å². The molecule has 0 saturated heterocycles. The standard InChI is InChI=1S/C25H29ClF2N4O4S2.C24H27ClF2N4O5S2/c1-4-12-32(38(3,34)35)15-7-5-14(6-8-15)21-18(25(33)36-2)22(16-9-10-17(27)20(28)19(16)26)31-23(30-21)24-29-11-13-37-24;1-36-24(33)17-20(13-3-5-14(6-4-13)31(10-11-32)38(2,34)35)29-22(23-28-9-12-37-23)30-21(17)15-7-8-16(26)19(27)18(15)25/h9-11,13-15,22H,4-8,12H2,1-3H3,(H,30,31);7-9,12-14,21,32H,3-6,10-11H2,1-2H3,(H,29,30). The van der Waals surface area contributed by atoms with Crippen LogP contribution in [0.15, 0.2) is 79.9 Å². The molecule has 0 bridgehead atoms.